The number of nitrogens with zero attached hydrogens (tertiary/aromatic N) is 1. The third-order valence-corrected chi connectivity index (χ3v) is 2.60. The summed E-state index contributed by atoms with van der Waals surface area (Å²) in [4.78, 5) is 26.6. The number of amides is 1. The molecule has 0 saturated heterocycles. The van der Waals surface area contributed by atoms with Crippen LogP contribution in [-0.2, 0) is 4.79 Å². The Kier molecular flexibility index (Phi) is 4.39. The van der Waals surface area contributed by atoms with Gasteiger partial charge in [0.25, 0.3) is 0 Å². The zero-order valence-electron chi connectivity index (χ0n) is 11.0. The molecule has 100 valence electrons. The van der Waals surface area contributed by atoms with Crippen molar-refractivity contribution in [1.82, 2.24) is 4.98 Å². The fourth-order valence-electron chi connectivity index (χ4n) is 1.66. The number of anilines is 1. The topological polar surface area (TPSA) is 59.1 Å². The third-order valence-electron chi connectivity index (χ3n) is 2.60. The highest BCUT2D eigenvalue weighted by Gasteiger charge is 2.00. The summed E-state index contributed by atoms with van der Waals surface area (Å²) < 4.78 is 0. The first-order valence-corrected chi connectivity index (χ1v) is 6.15. The Hall–Kier alpha value is -2.75. The van der Waals surface area contributed by atoms with Crippen LogP contribution < -0.4 is 5.32 Å². The van der Waals surface area contributed by atoms with Gasteiger partial charge >= 0.3 is 0 Å². The van der Waals surface area contributed by atoms with Crippen LogP contribution in [-0.4, -0.2) is 16.7 Å². The molecule has 0 spiro atoms. The molecule has 1 aromatic heterocycles. The Bertz CT molecular complexity index is 631. The molecule has 0 saturated carbocycles. The maximum absolute atomic E-state index is 11.8. The zero-order chi connectivity index (χ0) is 14.4. The van der Waals surface area contributed by atoms with Crippen LogP contribution in [0.5, 0.6) is 0 Å². The quantitative estimate of drug-likeness (QED) is 0.683. The molecule has 1 N–H and O–H groups in total. The molecular formula is C16H14N2O2. The highest BCUT2D eigenvalue weighted by molar-refractivity contribution is 6.06. The summed E-state index contributed by atoms with van der Waals surface area (Å²) in [7, 11) is 0. The van der Waals surface area contributed by atoms with E-state index in [0.717, 1.165) is 11.3 Å². The Balaban J connectivity index is 2.04. The summed E-state index contributed by atoms with van der Waals surface area (Å²) in [6, 6.07) is 10.7. The second-order valence-electron chi connectivity index (χ2n) is 4.24. The van der Waals surface area contributed by atoms with Crippen molar-refractivity contribution < 1.29 is 9.59 Å². The summed E-state index contributed by atoms with van der Waals surface area (Å²) in [5, 5.41) is 2.68. The van der Waals surface area contributed by atoms with Gasteiger partial charge in [-0.1, -0.05) is 18.2 Å². The zero-order valence-corrected chi connectivity index (χ0v) is 11.0. The average molecular weight is 266 g/mol. The Morgan fingerprint density at radius 3 is 2.50 bits per heavy atom. The number of hydrogen-bond acceptors (Lipinski definition) is 3. The van der Waals surface area contributed by atoms with E-state index in [1.54, 1.807) is 36.5 Å². The molecule has 0 aliphatic rings. The van der Waals surface area contributed by atoms with Crippen molar-refractivity contribution in [3.63, 3.8) is 0 Å². The maximum atomic E-state index is 11.8. The predicted molar refractivity (Wildman–Crippen MR) is 78.3 cm³/mol. The van der Waals surface area contributed by atoms with Gasteiger partial charge < -0.3 is 5.32 Å². The van der Waals surface area contributed by atoms with Gasteiger partial charge in [-0.2, -0.15) is 0 Å². The van der Waals surface area contributed by atoms with E-state index in [1.807, 2.05) is 12.1 Å². The number of carbonyl (C=O) groups excluding carboxylic acids is 2. The molecule has 1 aromatic carbocycles. The molecule has 2 rings (SSSR count). The lowest BCUT2D eigenvalue weighted by atomic mass is 10.1. The summed E-state index contributed by atoms with van der Waals surface area (Å²) in [6.07, 6.45) is 6.39. The molecule has 0 bridgehead atoms. The normalized spacial score (nSPS) is 10.4. The standard InChI is InChI=1S/C16H14N2O2/c1-12(19)18-15-7-4-13(5-8-15)6-9-16(20)14-3-2-10-17-11-14/h2-11H,1H3,(H,18,19). The molecule has 0 radical (unpaired) electrons. The number of rotatable bonds is 4. The molecule has 0 aliphatic heterocycles. The van der Waals surface area contributed by atoms with E-state index in [1.165, 1.54) is 19.2 Å². The van der Waals surface area contributed by atoms with Gasteiger partial charge in [0, 0.05) is 30.6 Å². The van der Waals surface area contributed by atoms with Crippen LogP contribution in [0.15, 0.2) is 54.9 Å². The number of benzene rings is 1. The molecule has 0 fully saturated rings. The Labute approximate surface area is 117 Å². The number of nitrogens with one attached hydrogen (secondary N) is 1. The summed E-state index contributed by atoms with van der Waals surface area (Å²) in [5.74, 6) is -0.205. The third kappa shape index (κ3) is 3.88. The fourth-order valence-corrected chi connectivity index (χ4v) is 1.66. The van der Waals surface area contributed by atoms with E-state index in [9.17, 15) is 9.59 Å². The number of aromatic nitrogens is 1. The smallest absolute Gasteiger partial charge is 0.221 e. The van der Waals surface area contributed by atoms with E-state index in [4.69, 9.17) is 0 Å². The highest BCUT2D eigenvalue weighted by atomic mass is 16.1. The van der Waals surface area contributed by atoms with Gasteiger partial charge in [-0.15, -0.1) is 0 Å². The molecule has 0 atom stereocenters. The monoisotopic (exact) mass is 266 g/mol. The predicted octanol–water partition coefficient (Wildman–Crippen LogP) is 2.94. The van der Waals surface area contributed by atoms with Crippen molar-refractivity contribution in [1.29, 1.82) is 0 Å². The van der Waals surface area contributed by atoms with Crippen molar-refractivity contribution in [2.45, 2.75) is 6.92 Å². The molecule has 4 nitrogen and oxygen atoms in total. The van der Waals surface area contributed by atoms with Gasteiger partial charge in [-0.3, -0.25) is 14.6 Å². The fraction of sp³-hybridized carbons (Fsp3) is 0.0625. The molecule has 20 heavy (non-hydrogen) atoms. The summed E-state index contributed by atoms with van der Waals surface area (Å²) >= 11 is 0. The molecule has 2 aromatic rings. The van der Waals surface area contributed by atoms with Crippen molar-refractivity contribution in [3.05, 3.63) is 66.0 Å². The molecule has 4 heteroatoms. The van der Waals surface area contributed by atoms with E-state index in [0.29, 0.717) is 5.56 Å². The first kappa shape index (κ1) is 13.7. The second kappa shape index (κ2) is 6.43. The number of ketones is 1. The molecule has 0 aliphatic carbocycles. The number of pyridine rings is 1. The number of allylic oxidation sites excluding steroid dienone is 1. The number of carbonyl (C=O) groups is 2. The van der Waals surface area contributed by atoms with Gasteiger partial charge in [0.05, 0.1) is 0 Å². The Morgan fingerprint density at radius 1 is 1.15 bits per heavy atom. The second-order valence-corrected chi connectivity index (χ2v) is 4.24. The van der Waals surface area contributed by atoms with Crippen molar-refractivity contribution in [3.8, 4) is 0 Å². The van der Waals surface area contributed by atoms with Gasteiger partial charge in [0.15, 0.2) is 5.78 Å². The lowest BCUT2D eigenvalue weighted by Gasteiger charge is -2.01. The SMILES string of the molecule is CC(=O)Nc1ccc(C=CC(=O)c2cccnc2)cc1. The molecule has 1 heterocycles. The summed E-state index contributed by atoms with van der Waals surface area (Å²) in [5.41, 5.74) is 2.17. The highest BCUT2D eigenvalue weighted by Crippen LogP contribution is 2.11. The summed E-state index contributed by atoms with van der Waals surface area (Å²) in [6.45, 7) is 1.46. The van der Waals surface area contributed by atoms with Crippen LogP contribution in [0.3, 0.4) is 0 Å². The van der Waals surface area contributed by atoms with Crippen LogP contribution in [0.1, 0.15) is 22.8 Å². The van der Waals surface area contributed by atoms with Crippen molar-refractivity contribution >= 4 is 23.5 Å². The largest absolute Gasteiger partial charge is 0.326 e. The van der Waals surface area contributed by atoms with Gasteiger partial charge in [0.1, 0.15) is 0 Å². The van der Waals surface area contributed by atoms with Crippen LogP contribution in [0.25, 0.3) is 6.08 Å². The first-order chi connectivity index (χ1) is 9.65. The molecular weight excluding hydrogens is 252 g/mol. The molecule has 1 amide bonds. The van der Waals surface area contributed by atoms with E-state index < -0.39 is 0 Å². The van der Waals surface area contributed by atoms with Crippen LogP contribution >= 0.6 is 0 Å². The van der Waals surface area contributed by atoms with Crippen molar-refractivity contribution in [2.24, 2.45) is 0 Å². The van der Waals surface area contributed by atoms with E-state index in [-0.39, 0.29) is 11.7 Å². The first-order valence-electron chi connectivity index (χ1n) is 6.15. The molecule has 0 unspecified atom stereocenters. The minimum Gasteiger partial charge on any atom is -0.326 e. The van der Waals surface area contributed by atoms with Gasteiger partial charge in [-0.05, 0) is 35.9 Å². The average Bonchev–Trinajstić information content (AvgIpc) is 2.46. The van der Waals surface area contributed by atoms with E-state index in [2.05, 4.69) is 10.3 Å². The van der Waals surface area contributed by atoms with Gasteiger partial charge in [0.2, 0.25) is 5.91 Å². The minimum absolute atomic E-state index is 0.0935. The number of hydrogen-bond donors (Lipinski definition) is 1. The van der Waals surface area contributed by atoms with Gasteiger partial charge in [-0.25, -0.2) is 0 Å². The van der Waals surface area contributed by atoms with E-state index >= 15 is 0 Å². The van der Waals surface area contributed by atoms with Crippen LogP contribution in [0.4, 0.5) is 5.69 Å². The van der Waals surface area contributed by atoms with Crippen LogP contribution in [0, 0.1) is 0 Å². The lowest BCUT2D eigenvalue weighted by Crippen LogP contribution is -2.05. The van der Waals surface area contributed by atoms with Crippen molar-refractivity contribution in [2.75, 3.05) is 5.32 Å². The Morgan fingerprint density at radius 2 is 1.90 bits per heavy atom. The maximum Gasteiger partial charge on any atom is 0.221 e. The minimum atomic E-state index is -0.111. The van der Waals surface area contributed by atoms with Crippen LogP contribution in [0.2, 0.25) is 0 Å². The lowest BCUT2D eigenvalue weighted by molar-refractivity contribution is -0.114.